The van der Waals surface area contributed by atoms with Crippen molar-refractivity contribution in [2.24, 2.45) is 7.05 Å². The summed E-state index contributed by atoms with van der Waals surface area (Å²) in [4.78, 5) is 0. The fourth-order valence-corrected chi connectivity index (χ4v) is 2.36. The number of aromatic hydroxyl groups is 1. The normalized spacial score (nSPS) is 10.7. The molecule has 0 aliphatic carbocycles. The molecule has 1 N–H and O–H groups in total. The molecule has 112 valence electrons. The fourth-order valence-electron chi connectivity index (χ4n) is 2.36. The van der Waals surface area contributed by atoms with Crippen molar-refractivity contribution in [2.75, 3.05) is 7.11 Å². The van der Waals surface area contributed by atoms with E-state index in [1.54, 1.807) is 43.0 Å². The van der Waals surface area contributed by atoms with Gasteiger partial charge in [-0.25, -0.2) is 4.39 Å². The molecule has 0 aliphatic rings. The van der Waals surface area contributed by atoms with Crippen LogP contribution in [-0.2, 0) is 7.05 Å². The Bertz CT molecular complexity index is 792. The maximum absolute atomic E-state index is 13.0. The first-order valence-corrected chi connectivity index (χ1v) is 6.72. The summed E-state index contributed by atoms with van der Waals surface area (Å²) in [5, 5.41) is 10.1. The molecule has 22 heavy (non-hydrogen) atoms. The van der Waals surface area contributed by atoms with Crippen LogP contribution in [0.15, 0.2) is 52.9 Å². The molecule has 0 bridgehead atoms. The SMILES string of the molecule is COc1ccc(-c2c(O)oc(-c3ccc(F)cc3)[n+]2C)cc1. The highest BCUT2D eigenvalue weighted by Crippen LogP contribution is 2.32. The largest absolute Gasteiger partial charge is 0.497 e. The van der Waals surface area contributed by atoms with Gasteiger partial charge in [0.05, 0.1) is 18.2 Å². The summed E-state index contributed by atoms with van der Waals surface area (Å²) in [7, 11) is 3.37. The number of hydrogen-bond donors (Lipinski definition) is 1. The Morgan fingerprint density at radius 3 is 2.18 bits per heavy atom. The molecule has 1 heterocycles. The van der Waals surface area contributed by atoms with E-state index >= 15 is 0 Å². The molecule has 3 rings (SSSR count). The lowest BCUT2D eigenvalue weighted by Gasteiger charge is -1.99. The van der Waals surface area contributed by atoms with Crippen LogP contribution in [0.25, 0.3) is 22.7 Å². The van der Waals surface area contributed by atoms with Gasteiger partial charge < -0.3 is 14.3 Å². The molecule has 0 radical (unpaired) electrons. The number of benzene rings is 2. The Hall–Kier alpha value is -2.82. The molecular formula is C17H15FNO3+. The van der Waals surface area contributed by atoms with E-state index in [2.05, 4.69) is 0 Å². The molecule has 0 atom stereocenters. The lowest BCUT2D eigenvalue weighted by Crippen LogP contribution is -2.30. The minimum absolute atomic E-state index is 0.188. The van der Waals surface area contributed by atoms with E-state index in [0.717, 1.165) is 11.3 Å². The zero-order valence-electron chi connectivity index (χ0n) is 12.2. The molecular weight excluding hydrogens is 285 g/mol. The Morgan fingerprint density at radius 2 is 1.59 bits per heavy atom. The van der Waals surface area contributed by atoms with Gasteiger partial charge in [0, 0.05) is 0 Å². The molecule has 0 unspecified atom stereocenters. The van der Waals surface area contributed by atoms with Gasteiger partial charge in [-0.3, -0.25) is 0 Å². The Morgan fingerprint density at radius 1 is 1.00 bits per heavy atom. The second kappa shape index (κ2) is 5.52. The number of rotatable bonds is 3. The number of nitrogens with zero attached hydrogens (tertiary/aromatic N) is 1. The van der Waals surface area contributed by atoms with Crippen LogP contribution >= 0.6 is 0 Å². The second-order valence-electron chi connectivity index (χ2n) is 4.86. The average Bonchev–Trinajstić information content (AvgIpc) is 2.83. The summed E-state index contributed by atoms with van der Waals surface area (Å²) in [6.45, 7) is 0. The van der Waals surface area contributed by atoms with Crippen molar-refractivity contribution < 1.29 is 23.2 Å². The Balaban J connectivity index is 2.07. The first kappa shape index (κ1) is 14.1. The number of hydrogen-bond acceptors (Lipinski definition) is 3. The van der Waals surface area contributed by atoms with E-state index in [9.17, 15) is 9.50 Å². The summed E-state index contributed by atoms with van der Waals surface area (Å²) in [6, 6.07) is 13.2. The molecule has 0 aliphatic heterocycles. The summed E-state index contributed by atoms with van der Waals surface area (Å²) in [6.07, 6.45) is 0. The van der Waals surface area contributed by atoms with Crippen LogP contribution in [0.3, 0.4) is 0 Å². The van der Waals surface area contributed by atoms with Gasteiger partial charge in [-0.1, -0.05) is 0 Å². The Kier molecular flexibility index (Phi) is 3.55. The quantitative estimate of drug-likeness (QED) is 0.755. The Labute approximate surface area is 127 Å². The fraction of sp³-hybridized carbons (Fsp3) is 0.118. The first-order chi connectivity index (χ1) is 10.6. The number of ether oxygens (including phenoxy) is 1. The highest BCUT2D eigenvalue weighted by molar-refractivity contribution is 5.63. The lowest BCUT2D eigenvalue weighted by molar-refractivity contribution is -0.652. The topological polar surface area (TPSA) is 46.5 Å². The summed E-state index contributed by atoms with van der Waals surface area (Å²) < 4.78 is 25.3. The van der Waals surface area contributed by atoms with Crippen molar-refractivity contribution in [2.45, 2.75) is 0 Å². The molecule has 2 aromatic carbocycles. The predicted octanol–water partition coefficient (Wildman–Crippen LogP) is 3.29. The van der Waals surface area contributed by atoms with E-state index in [-0.39, 0.29) is 11.8 Å². The van der Waals surface area contributed by atoms with Crippen LogP contribution in [-0.4, -0.2) is 12.2 Å². The highest BCUT2D eigenvalue weighted by atomic mass is 19.1. The van der Waals surface area contributed by atoms with E-state index in [0.29, 0.717) is 17.1 Å². The van der Waals surface area contributed by atoms with E-state index < -0.39 is 0 Å². The molecule has 5 heteroatoms. The molecule has 0 saturated carbocycles. The molecule has 4 nitrogen and oxygen atoms in total. The summed E-state index contributed by atoms with van der Waals surface area (Å²) in [5.41, 5.74) is 2.01. The van der Waals surface area contributed by atoms with Gasteiger partial charge in [-0.2, -0.15) is 4.57 Å². The van der Waals surface area contributed by atoms with Gasteiger partial charge in [0.2, 0.25) is 0 Å². The number of oxazole rings is 1. The maximum Gasteiger partial charge on any atom is 0.383 e. The van der Waals surface area contributed by atoms with Crippen LogP contribution < -0.4 is 9.30 Å². The summed E-state index contributed by atoms with van der Waals surface area (Å²) in [5.74, 6) is 0.668. The third-order valence-corrected chi connectivity index (χ3v) is 3.49. The second-order valence-corrected chi connectivity index (χ2v) is 4.86. The molecule has 0 amide bonds. The molecule has 0 spiro atoms. The van der Waals surface area contributed by atoms with Gasteiger partial charge >= 0.3 is 11.8 Å². The standard InChI is InChI=1S/C17H14FNO3/c1-19-15(11-5-9-14(21-2)10-6-11)17(20)22-16(19)12-3-7-13(18)8-4-12/h3-10H,1-2H3/p+1. The maximum atomic E-state index is 13.0. The van der Waals surface area contributed by atoms with E-state index in [1.807, 2.05) is 12.1 Å². The van der Waals surface area contributed by atoms with Crippen molar-refractivity contribution in [1.82, 2.24) is 0 Å². The van der Waals surface area contributed by atoms with Crippen LogP contribution in [0, 0.1) is 5.82 Å². The van der Waals surface area contributed by atoms with Crippen LogP contribution in [0.2, 0.25) is 0 Å². The number of halogens is 1. The van der Waals surface area contributed by atoms with Gasteiger partial charge in [0.25, 0.3) is 5.69 Å². The minimum Gasteiger partial charge on any atom is -0.497 e. The van der Waals surface area contributed by atoms with Crippen molar-refractivity contribution in [3.63, 3.8) is 0 Å². The lowest BCUT2D eigenvalue weighted by atomic mass is 10.1. The zero-order chi connectivity index (χ0) is 15.7. The summed E-state index contributed by atoms with van der Waals surface area (Å²) >= 11 is 0. The zero-order valence-corrected chi connectivity index (χ0v) is 12.2. The van der Waals surface area contributed by atoms with E-state index in [1.165, 1.54) is 12.1 Å². The van der Waals surface area contributed by atoms with Crippen LogP contribution in [0.4, 0.5) is 4.39 Å². The molecule has 3 aromatic rings. The first-order valence-electron chi connectivity index (χ1n) is 6.72. The average molecular weight is 300 g/mol. The van der Waals surface area contributed by atoms with Crippen LogP contribution in [0.1, 0.15) is 0 Å². The third kappa shape index (κ3) is 2.41. The van der Waals surface area contributed by atoms with Crippen molar-refractivity contribution >= 4 is 0 Å². The van der Waals surface area contributed by atoms with Crippen LogP contribution in [0.5, 0.6) is 11.7 Å². The minimum atomic E-state index is -0.322. The van der Waals surface area contributed by atoms with E-state index in [4.69, 9.17) is 9.15 Å². The molecule has 0 saturated heterocycles. The third-order valence-electron chi connectivity index (χ3n) is 3.49. The van der Waals surface area contributed by atoms with Crippen molar-refractivity contribution in [1.29, 1.82) is 0 Å². The van der Waals surface area contributed by atoms with Gasteiger partial charge in [0.1, 0.15) is 18.6 Å². The van der Waals surface area contributed by atoms with Gasteiger partial charge in [-0.15, -0.1) is 0 Å². The monoisotopic (exact) mass is 300 g/mol. The molecule has 0 fully saturated rings. The van der Waals surface area contributed by atoms with Gasteiger partial charge in [-0.05, 0) is 48.5 Å². The smallest absolute Gasteiger partial charge is 0.383 e. The predicted molar refractivity (Wildman–Crippen MR) is 78.9 cm³/mol. The van der Waals surface area contributed by atoms with Crippen molar-refractivity contribution in [3.8, 4) is 34.4 Å². The number of methoxy groups -OCH3 is 1. The number of aromatic nitrogens is 1. The van der Waals surface area contributed by atoms with Gasteiger partial charge in [0.15, 0.2) is 0 Å². The van der Waals surface area contributed by atoms with Crippen molar-refractivity contribution in [3.05, 3.63) is 54.3 Å². The molecule has 1 aromatic heterocycles. The highest BCUT2D eigenvalue weighted by Gasteiger charge is 2.28.